The number of nitrogens with one attached hydrogen (secondary N) is 1. The molecule has 5 nitrogen and oxygen atoms in total. The van der Waals surface area contributed by atoms with Gasteiger partial charge in [-0.05, 0) is 14.1 Å². The third-order valence-electron chi connectivity index (χ3n) is 0. The summed E-state index contributed by atoms with van der Waals surface area (Å²) in [6, 6.07) is 0. The van der Waals surface area contributed by atoms with Gasteiger partial charge in [0, 0.05) is 0 Å². The van der Waals surface area contributed by atoms with Gasteiger partial charge in [0.2, 0.25) is 0 Å². The van der Waals surface area contributed by atoms with Crippen molar-refractivity contribution >= 4 is 49.8 Å². The van der Waals surface area contributed by atoms with E-state index in [-0.39, 0.29) is 42.0 Å². The minimum absolute atomic E-state index is 0. The van der Waals surface area contributed by atoms with Crippen LogP contribution in [0.4, 0.5) is 0 Å². The summed E-state index contributed by atoms with van der Waals surface area (Å²) in [4.78, 5) is 21.6. The molecule has 0 aliphatic rings. The Morgan fingerprint density at radius 1 is 1.20 bits per heavy atom. The zero-order chi connectivity index (χ0) is 7.21. The Kier molecular flexibility index (Phi) is 29.2. The van der Waals surface area contributed by atoms with E-state index in [1.807, 2.05) is 14.1 Å². The van der Waals surface area contributed by atoms with Gasteiger partial charge in [0.1, 0.15) is 0 Å². The molecule has 8 heteroatoms. The fraction of sp³-hybridized carbons (Fsp3) is 1.00. The second-order valence-corrected chi connectivity index (χ2v) is 2.04. The van der Waals surface area contributed by atoms with Crippen molar-refractivity contribution in [1.82, 2.24) is 5.32 Å². The molecular weight excluding hydrogens is 191 g/mol. The molecule has 0 aromatic rings. The van der Waals surface area contributed by atoms with Crippen molar-refractivity contribution in [2.45, 2.75) is 0 Å². The third kappa shape index (κ3) is 354. The van der Waals surface area contributed by atoms with Gasteiger partial charge in [0.25, 0.3) is 0 Å². The Labute approximate surface area is 88.2 Å². The molecule has 4 N–H and O–H groups in total. The zero-order valence-electron chi connectivity index (χ0n) is 5.11. The van der Waals surface area contributed by atoms with E-state index in [1.165, 1.54) is 0 Å². The van der Waals surface area contributed by atoms with E-state index >= 15 is 0 Å². The fourth-order valence-electron chi connectivity index (χ4n) is 0. The average molecular weight is 204 g/mol. The Morgan fingerprint density at radius 2 is 1.20 bits per heavy atom. The molecule has 62 valence electrons. The van der Waals surface area contributed by atoms with Crippen LogP contribution < -0.4 is 5.32 Å². The molecular formula is C2H12ClNNaO4P. The molecule has 0 aliphatic carbocycles. The summed E-state index contributed by atoms with van der Waals surface area (Å²) < 4.78 is 8.88. The predicted molar refractivity (Wildman–Crippen MR) is 43.6 cm³/mol. The van der Waals surface area contributed by atoms with Gasteiger partial charge in [-0.3, -0.25) is 0 Å². The van der Waals surface area contributed by atoms with Gasteiger partial charge in [-0.1, -0.05) is 0 Å². The van der Waals surface area contributed by atoms with Crippen molar-refractivity contribution in [3.63, 3.8) is 0 Å². The first-order chi connectivity index (χ1) is 3.41. The van der Waals surface area contributed by atoms with Crippen molar-refractivity contribution in [3.05, 3.63) is 0 Å². The van der Waals surface area contributed by atoms with Crippen LogP contribution in [-0.4, -0.2) is 58.3 Å². The van der Waals surface area contributed by atoms with Crippen LogP contribution in [0.25, 0.3) is 0 Å². The molecule has 0 fully saturated rings. The Morgan fingerprint density at radius 3 is 1.20 bits per heavy atom. The molecule has 0 saturated carbocycles. The van der Waals surface area contributed by atoms with Gasteiger partial charge in [0.05, 0.1) is 0 Å². The summed E-state index contributed by atoms with van der Waals surface area (Å²) in [5.41, 5.74) is 0. The average Bonchev–Trinajstić information content (AvgIpc) is 1.27. The van der Waals surface area contributed by atoms with Crippen molar-refractivity contribution in [2.24, 2.45) is 0 Å². The van der Waals surface area contributed by atoms with Crippen LogP contribution in [0.3, 0.4) is 0 Å². The third-order valence-corrected chi connectivity index (χ3v) is 0. The van der Waals surface area contributed by atoms with Crippen LogP contribution in [0.5, 0.6) is 0 Å². The van der Waals surface area contributed by atoms with E-state index in [1.54, 1.807) is 0 Å². The second kappa shape index (κ2) is 13.0. The van der Waals surface area contributed by atoms with E-state index < -0.39 is 7.82 Å². The number of rotatable bonds is 0. The van der Waals surface area contributed by atoms with Crippen LogP contribution in [0.2, 0.25) is 0 Å². The summed E-state index contributed by atoms with van der Waals surface area (Å²) >= 11 is 0. The van der Waals surface area contributed by atoms with Crippen molar-refractivity contribution in [1.29, 1.82) is 0 Å². The molecule has 0 aromatic carbocycles. The van der Waals surface area contributed by atoms with E-state index in [0.29, 0.717) is 0 Å². The predicted octanol–water partition coefficient (Wildman–Crippen LogP) is -1.32. The van der Waals surface area contributed by atoms with E-state index in [0.717, 1.165) is 0 Å². The molecule has 0 spiro atoms. The molecule has 0 atom stereocenters. The summed E-state index contributed by atoms with van der Waals surface area (Å²) in [6.07, 6.45) is 0. The van der Waals surface area contributed by atoms with Crippen LogP contribution in [0.1, 0.15) is 0 Å². The first-order valence-electron chi connectivity index (χ1n) is 1.78. The van der Waals surface area contributed by atoms with Crippen molar-refractivity contribution in [2.75, 3.05) is 14.1 Å². The fourth-order valence-corrected chi connectivity index (χ4v) is 0. The summed E-state index contributed by atoms with van der Waals surface area (Å²) in [6.45, 7) is 0. The maximum atomic E-state index is 8.88. The van der Waals surface area contributed by atoms with E-state index in [9.17, 15) is 0 Å². The van der Waals surface area contributed by atoms with Gasteiger partial charge in [-0.2, -0.15) is 0 Å². The number of hydrogen-bond donors (Lipinski definition) is 4. The molecule has 0 aromatic heterocycles. The van der Waals surface area contributed by atoms with Gasteiger partial charge >= 0.3 is 37.4 Å². The number of halogens is 1. The van der Waals surface area contributed by atoms with Gasteiger partial charge in [-0.15, -0.1) is 12.4 Å². The zero-order valence-corrected chi connectivity index (χ0v) is 6.82. The van der Waals surface area contributed by atoms with Gasteiger partial charge in [0.15, 0.2) is 0 Å². The molecule has 0 saturated heterocycles. The standard InChI is InChI=1S/C2H7N.ClH.Na.H3O4P.H/c1-3-2;;;1-5(2,3)4;/h3H,1-2H3;1H;;(H3,1,2,3,4);. The second-order valence-electron chi connectivity index (χ2n) is 1.01. The van der Waals surface area contributed by atoms with Crippen molar-refractivity contribution < 1.29 is 19.2 Å². The molecule has 10 heavy (non-hydrogen) atoms. The molecule has 0 bridgehead atoms. The Hall–Kier alpha value is 1.36. The number of hydrogen-bond acceptors (Lipinski definition) is 2. The van der Waals surface area contributed by atoms with Crippen molar-refractivity contribution in [3.8, 4) is 0 Å². The monoisotopic (exact) mass is 203 g/mol. The summed E-state index contributed by atoms with van der Waals surface area (Å²) in [5.74, 6) is 0. The Balaban J connectivity index is -0.0000000326. The quantitative estimate of drug-likeness (QED) is 0.290. The normalized spacial score (nSPS) is 7.70. The van der Waals surface area contributed by atoms with Gasteiger partial charge < -0.3 is 20.0 Å². The summed E-state index contributed by atoms with van der Waals surface area (Å²) in [7, 11) is -0.889. The van der Waals surface area contributed by atoms with Gasteiger partial charge in [-0.25, -0.2) is 4.57 Å². The SMILES string of the molecule is CNC.Cl.O=P(O)(O)O.[NaH]. The molecule has 0 radical (unpaired) electrons. The van der Waals surface area contributed by atoms with Crippen LogP contribution >= 0.6 is 20.2 Å². The number of phosphoric acid groups is 1. The topological polar surface area (TPSA) is 89.8 Å². The first kappa shape index (κ1) is 22.5. The van der Waals surface area contributed by atoms with Crippen LogP contribution in [0.15, 0.2) is 0 Å². The maximum absolute atomic E-state index is 8.88. The molecule has 0 rings (SSSR count). The Bertz CT molecular complexity index is 79.1. The molecule has 0 heterocycles. The van der Waals surface area contributed by atoms with E-state index in [4.69, 9.17) is 19.2 Å². The van der Waals surface area contributed by atoms with Crippen LogP contribution in [-0.2, 0) is 4.57 Å². The summed E-state index contributed by atoms with van der Waals surface area (Å²) in [5, 5.41) is 2.75. The molecule has 0 amide bonds. The van der Waals surface area contributed by atoms with E-state index in [2.05, 4.69) is 5.32 Å². The first-order valence-corrected chi connectivity index (χ1v) is 3.35. The van der Waals surface area contributed by atoms with Crippen LogP contribution in [0, 0.1) is 0 Å². The molecule has 0 unspecified atom stereocenters. The minimum atomic E-state index is -4.64. The molecule has 0 aliphatic heterocycles.